The Hall–Kier alpha value is -3.17. The van der Waals surface area contributed by atoms with Crippen molar-refractivity contribution >= 4 is 23.2 Å². The maximum atomic E-state index is 11.2. The Morgan fingerprint density at radius 1 is 1.34 bits per heavy atom. The molecule has 8 nitrogen and oxygen atoms in total. The highest BCUT2D eigenvalue weighted by Gasteiger charge is 2.16. The molecule has 0 radical (unpaired) electrons. The van der Waals surface area contributed by atoms with Gasteiger partial charge in [0, 0.05) is 35.9 Å². The number of pyridine rings is 1. The van der Waals surface area contributed by atoms with Crippen LogP contribution in [0.25, 0.3) is 11.3 Å². The van der Waals surface area contributed by atoms with Crippen molar-refractivity contribution in [1.82, 2.24) is 9.66 Å². The van der Waals surface area contributed by atoms with Gasteiger partial charge in [-0.15, -0.1) is 11.3 Å². The van der Waals surface area contributed by atoms with Crippen molar-refractivity contribution in [3.8, 4) is 11.3 Å². The lowest BCUT2D eigenvalue weighted by atomic mass is 10.1. The Morgan fingerprint density at radius 3 is 3.03 bits per heavy atom. The number of nitro groups is 1. The van der Waals surface area contributed by atoms with Crippen LogP contribution in [0.5, 0.6) is 0 Å². The molecule has 0 bridgehead atoms. The van der Waals surface area contributed by atoms with Crippen LogP contribution in [-0.2, 0) is 4.74 Å². The second kappa shape index (κ2) is 8.89. The number of non-ortho nitro benzene ring substituents is 1. The van der Waals surface area contributed by atoms with E-state index >= 15 is 0 Å². The molecule has 1 aliphatic rings. The van der Waals surface area contributed by atoms with E-state index in [0.717, 1.165) is 25.1 Å². The summed E-state index contributed by atoms with van der Waals surface area (Å²) in [4.78, 5) is 20.4. The lowest BCUT2D eigenvalue weighted by Gasteiger charge is -2.05. The molecule has 1 aromatic carbocycles. The lowest BCUT2D eigenvalue weighted by molar-refractivity contribution is -0.384. The van der Waals surface area contributed by atoms with Crippen LogP contribution in [0.4, 0.5) is 5.69 Å². The van der Waals surface area contributed by atoms with E-state index in [1.807, 2.05) is 29.6 Å². The third kappa shape index (κ3) is 4.64. The largest absolute Gasteiger partial charge is 0.376 e. The average Bonchev–Trinajstić information content (AvgIpc) is 3.41. The monoisotopic (exact) mass is 409 g/mol. The van der Waals surface area contributed by atoms with Gasteiger partial charge in [0.15, 0.2) is 0 Å². The fourth-order valence-corrected chi connectivity index (χ4v) is 3.88. The summed E-state index contributed by atoms with van der Waals surface area (Å²) >= 11 is 1.44. The molecule has 9 heteroatoms. The molecule has 1 saturated heterocycles. The number of aromatic nitrogens is 2. The van der Waals surface area contributed by atoms with Crippen LogP contribution in [-0.4, -0.2) is 40.1 Å². The summed E-state index contributed by atoms with van der Waals surface area (Å²) in [5.41, 5.74) is 2.18. The second-order valence-electron chi connectivity index (χ2n) is 6.50. The molecule has 4 rings (SSSR count). The summed E-state index contributed by atoms with van der Waals surface area (Å²) in [6.07, 6.45) is 5.54. The molecule has 2 aromatic heterocycles. The van der Waals surface area contributed by atoms with Crippen LogP contribution in [0.15, 0.2) is 64.1 Å². The summed E-state index contributed by atoms with van der Waals surface area (Å²) in [5.74, 6) is 0. The summed E-state index contributed by atoms with van der Waals surface area (Å²) in [5, 5.41) is 17.6. The molecular weight excluding hydrogens is 390 g/mol. The second-order valence-corrected chi connectivity index (χ2v) is 7.33. The van der Waals surface area contributed by atoms with E-state index < -0.39 is 4.92 Å². The third-order valence-electron chi connectivity index (χ3n) is 4.49. The number of nitro benzene ring substituents is 1. The van der Waals surface area contributed by atoms with E-state index in [4.69, 9.17) is 9.73 Å². The molecule has 3 heterocycles. The van der Waals surface area contributed by atoms with E-state index in [1.54, 1.807) is 29.2 Å². The van der Waals surface area contributed by atoms with E-state index in [2.05, 4.69) is 10.1 Å². The van der Waals surface area contributed by atoms with Gasteiger partial charge in [-0.3, -0.25) is 20.1 Å². The lowest BCUT2D eigenvalue weighted by Crippen LogP contribution is -2.17. The zero-order valence-corrected chi connectivity index (χ0v) is 16.4. The number of nitrogens with zero attached hydrogens (tertiary/aromatic N) is 5. The topological polar surface area (TPSA) is 94.9 Å². The smallest absolute Gasteiger partial charge is 0.270 e. The average molecular weight is 409 g/mol. The zero-order valence-electron chi connectivity index (χ0n) is 15.5. The van der Waals surface area contributed by atoms with Crippen LogP contribution < -0.4 is 4.80 Å². The van der Waals surface area contributed by atoms with Gasteiger partial charge in [-0.05, 0) is 25.0 Å². The van der Waals surface area contributed by atoms with E-state index in [9.17, 15) is 10.1 Å². The van der Waals surface area contributed by atoms with Crippen molar-refractivity contribution in [1.29, 1.82) is 0 Å². The molecular formula is C20H19N5O3S. The molecule has 0 aliphatic carbocycles. The van der Waals surface area contributed by atoms with Gasteiger partial charge in [-0.1, -0.05) is 18.2 Å². The SMILES string of the molecule is O=[N+]([O-])c1cccc(-c2csc(=NC[C@@H]3CCCO3)n2/N=C\c2ccccn2)c1. The number of rotatable bonds is 6. The number of benzene rings is 1. The number of ether oxygens (including phenoxy) is 1. The number of hydrogen-bond acceptors (Lipinski definition) is 7. The minimum absolute atomic E-state index is 0.0341. The Kier molecular flexibility index (Phi) is 5.87. The molecule has 1 aliphatic heterocycles. The fourth-order valence-electron chi connectivity index (χ4n) is 3.03. The van der Waals surface area contributed by atoms with Crippen LogP contribution in [0.2, 0.25) is 0 Å². The zero-order chi connectivity index (χ0) is 20.1. The maximum absolute atomic E-state index is 11.2. The predicted octanol–water partition coefficient (Wildman–Crippen LogP) is 3.48. The first-order chi connectivity index (χ1) is 14.2. The van der Waals surface area contributed by atoms with Crippen molar-refractivity contribution in [3.05, 3.63) is 74.7 Å². The highest BCUT2D eigenvalue weighted by molar-refractivity contribution is 7.07. The summed E-state index contributed by atoms with van der Waals surface area (Å²) in [7, 11) is 0. The van der Waals surface area contributed by atoms with Gasteiger partial charge in [0.05, 0.1) is 35.2 Å². The minimum Gasteiger partial charge on any atom is -0.376 e. The first-order valence-corrected chi connectivity index (χ1v) is 10.1. The van der Waals surface area contributed by atoms with Gasteiger partial charge in [-0.25, -0.2) is 4.68 Å². The summed E-state index contributed by atoms with van der Waals surface area (Å²) in [6, 6.07) is 12.1. The molecule has 1 atom stereocenters. The first kappa shape index (κ1) is 19.2. The Balaban J connectivity index is 1.74. The molecule has 0 spiro atoms. The summed E-state index contributed by atoms with van der Waals surface area (Å²) in [6.45, 7) is 1.34. The third-order valence-corrected chi connectivity index (χ3v) is 5.34. The molecule has 3 aromatic rings. The highest BCUT2D eigenvalue weighted by Crippen LogP contribution is 2.24. The maximum Gasteiger partial charge on any atom is 0.270 e. The van der Waals surface area contributed by atoms with Crippen LogP contribution in [0, 0.1) is 10.1 Å². The Labute approximate surface area is 171 Å². The van der Waals surface area contributed by atoms with Gasteiger partial charge in [0.25, 0.3) is 5.69 Å². The number of hydrogen-bond donors (Lipinski definition) is 0. The van der Waals surface area contributed by atoms with Crippen molar-refractivity contribution in [3.63, 3.8) is 0 Å². The van der Waals surface area contributed by atoms with Crippen molar-refractivity contribution in [2.24, 2.45) is 10.1 Å². The van der Waals surface area contributed by atoms with E-state index in [0.29, 0.717) is 22.6 Å². The molecule has 0 N–H and O–H groups in total. The van der Waals surface area contributed by atoms with Crippen LogP contribution >= 0.6 is 11.3 Å². The molecule has 0 saturated carbocycles. The van der Waals surface area contributed by atoms with E-state index in [-0.39, 0.29) is 11.8 Å². The van der Waals surface area contributed by atoms with Crippen molar-refractivity contribution in [2.45, 2.75) is 18.9 Å². The Morgan fingerprint density at radius 2 is 2.28 bits per heavy atom. The van der Waals surface area contributed by atoms with Crippen molar-refractivity contribution < 1.29 is 9.66 Å². The van der Waals surface area contributed by atoms with Gasteiger partial charge >= 0.3 is 0 Å². The predicted molar refractivity (Wildman–Crippen MR) is 111 cm³/mol. The molecule has 0 unspecified atom stereocenters. The molecule has 29 heavy (non-hydrogen) atoms. The molecule has 1 fully saturated rings. The van der Waals surface area contributed by atoms with Crippen molar-refractivity contribution in [2.75, 3.05) is 13.2 Å². The van der Waals surface area contributed by atoms with E-state index in [1.165, 1.54) is 17.4 Å². The summed E-state index contributed by atoms with van der Waals surface area (Å²) < 4.78 is 7.36. The van der Waals surface area contributed by atoms with Crippen LogP contribution in [0.1, 0.15) is 18.5 Å². The highest BCUT2D eigenvalue weighted by atomic mass is 32.1. The van der Waals surface area contributed by atoms with Gasteiger partial charge < -0.3 is 4.74 Å². The quantitative estimate of drug-likeness (QED) is 0.354. The molecule has 148 valence electrons. The van der Waals surface area contributed by atoms with Crippen LogP contribution in [0.3, 0.4) is 0 Å². The van der Waals surface area contributed by atoms with Gasteiger partial charge in [-0.2, -0.15) is 5.10 Å². The molecule has 0 amide bonds. The normalized spacial score (nSPS) is 17.2. The van der Waals surface area contributed by atoms with Gasteiger partial charge in [0.1, 0.15) is 0 Å². The number of thiazole rings is 1. The Bertz CT molecular complexity index is 1080. The minimum atomic E-state index is -0.403. The van der Waals surface area contributed by atoms with Gasteiger partial charge in [0.2, 0.25) is 4.80 Å². The fraction of sp³-hybridized carbons (Fsp3) is 0.250. The standard InChI is InChI=1S/C20H19N5O3S/c26-25(27)17-7-3-5-15(11-17)19-14-29-20(22-13-18-8-4-10-28-18)24(19)23-12-16-6-1-2-9-21-16/h1-3,5-7,9,11-12,14,18H,4,8,10,13H2/b22-20?,23-12-/t18-/m0/s1. The first-order valence-electron chi connectivity index (χ1n) is 9.23.